The number of aliphatic hydroxyl groups excluding tert-OH is 1. The maximum absolute atomic E-state index is 12.7. The van der Waals surface area contributed by atoms with Gasteiger partial charge in [-0.25, -0.2) is 4.98 Å². The second-order valence-corrected chi connectivity index (χ2v) is 8.25. The van der Waals surface area contributed by atoms with Crippen molar-refractivity contribution in [3.8, 4) is 11.1 Å². The number of benzene rings is 1. The summed E-state index contributed by atoms with van der Waals surface area (Å²) in [5.74, 6) is 0.506. The number of anilines is 1. The van der Waals surface area contributed by atoms with E-state index in [-0.39, 0.29) is 18.6 Å². The van der Waals surface area contributed by atoms with Crippen molar-refractivity contribution in [1.82, 2.24) is 15.3 Å². The van der Waals surface area contributed by atoms with Crippen LogP contribution in [0.2, 0.25) is 5.02 Å². The van der Waals surface area contributed by atoms with Crippen LogP contribution in [0.5, 0.6) is 0 Å². The lowest BCUT2D eigenvalue weighted by Crippen LogP contribution is -2.23. The lowest BCUT2D eigenvalue weighted by molar-refractivity contribution is 0.0946. The van der Waals surface area contributed by atoms with Gasteiger partial charge in [-0.05, 0) is 49.1 Å². The number of carbonyl (C=O) groups excluding carboxylic acids is 1. The molecule has 4 N–H and O–H groups in total. The van der Waals surface area contributed by atoms with E-state index in [1.54, 1.807) is 18.5 Å². The fourth-order valence-electron chi connectivity index (χ4n) is 3.43. The van der Waals surface area contributed by atoms with Crippen molar-refractivity contribution >= 4 is 23.3 Å². The molecule has 1 amide bonds. The summed E-state index contributed by atoms with van der Waals surface area (Å²) in [5, 5.41) is 16.3. The van der Waals surface area contributed by atoms with Gasteiger partial charge in [0, 0.05) is 36.1 Å². The van der Waals surface area contributed by atoms with Gasteiger partial charge < -0.3 is 20.7 Å². The monoisotopic (exact) mass is 440 g/mol. The van der Waals surface area contributed by atoms with E-state index in [1.165, 1.54) is 5.56 Å². The highest BCUT2D eigenvalue weighted by atomic mass is 35.5. The molecule has 0 bridgehead atoms. The number of aromatic amines is 1. The zero-order chi connectivity index (χ0) is 22.4. The minimum Gasteiger partial charge on any atom is -0.392 e. The van der Waals surface area contributed by atoms with E-state index in [2.05, 4.69) is 33.6 Å². The van der Waals surface area contributed by atoms with E-state index in [0.717, 1.165) is 40.9 Å². The molecule has 7 heteroatoms. The van der Waals surface area contributed by atoms with Gasteiger partial charge in [0.25, 0.3) is 5.91 Å². The van der Waals surface area contributed by atoms with E-state index in [1.807, 2.05) is 32.0 Å². The number of rotatable bonds is 9. The Kier molecular flexibility index (Phi) is 7.71. The first kappa shape index (κ1) is 22.8. The molecule has 0 aliphatic heterocycles. The highest BCUT2D eigenvalue weighted by Gasteiger charge is 2.14. The van der Waals surface area contributed by atoms with Gasteiger partial charge in [0.15, 0.2) is 0 Å². The largest absolute Gasteiger partial charge is 0.392 e. The highest BCUT2D eigenvalue weighted by Crippen LogP contribution is 2.30. The molecule has 31 heavy (non-hydrogen) atoms. The van der Waals surface area contributed by atoms with E-state index in [9.17, 15) is 9.90 Å². The maximum Gasteiger partial charge on any atom is 0.267 e. The lowest BCUT2D eigenvalue weighted by Gasteiger charge is -2.11. The quantitative estimate of drug-likeness (QED) is 0.380. The number of nitrogens with one attached hydrogen (secondary N) is 3. The van der Waals surface area contributed by atoms with Crippen LogP contribution in [0.4, 0.5) is 5.82 Å². The van der Waals surface area contributed by atoms with Crippen LogP contribution < -0.4 is 10.6 Å². The number of aryl methyl sites for hydroxylation is 1. The number of nitrogens with zero attached hydrogens (tertiary/aromatic N) is 1. The van der Waals surface area contributed by atoms with Crippen molar-refractivity contribution in [1.29, 1.82) is 0 Å². The van der Waals surface area contributed by atoms with Gasteiger partial charge in [0.1, 0.15) is 11.5 Å². The molecule has 0 spiro atoms. The molecule has 3 aromatic rings. The Labute approximate surface area is 188 Å². The van der Waals surface area contributed by atoms with Crippen molar-refractivity contribution in [3.63, 3.8) is 0 Å². The van der Waals surface area contributed by atoms with E-state index in [0.29, 0.717) is 17.3 Å². The molecular weight excluding hydrogens is 412 g/mol. The zero-order valence-electron chi connectivity index (χ0n) is 18.1. The van der Waals surface area contributed by atoms with Gasteiger partial charge in [-0.1, -0.05) is 43.1 Å². The molecule has 0 saturated carbocycles. The predicted molar refractivity (Wildman–Crippen MR) is 125 cm³/mol. The Morgan fingerprint density at radius 3 is 2.74 bits per heavy atom. The van der Waals surface area contributed by atoms with Gasteiger partial charge in [-0.3, -0.25) is 4.79 Å². The van der Waals surface area contributed by atoms with Crippen molar-refractivity contribution in [3.05, 3.63) is 70.1 Å². The average molecular weight is 441 g/mol. The van der Waals surface area contributed by atoms with E-state index < -0.39 is 0 Å². The SMILES string of the molecule is CCCc1ccc(CO)c(CNC(=O)c2cc(-c3cc(NC(C)C)ncc3Cl)c[nH]2)c1. The topological polar surface area (TPSA) is 90.0 Å². The van der Waals surface area contributed by atoms with Crippen LogP contribution >= 0.6 is 11.6 Å². The Bertz CT molecular complexity index is 1050. The molecule has 0 fully saturated rings. The van der Waals surface area contributed by atoms with Gasteiger partial charge in [-0.2, -0.15) is 0 Å². The van der Waals surface area contributed by atoms with Crippen LogP contribution in [0.1, 0.15) is 54.4 Å². The third-order valence-corrected chi connectivity index (χ3v) is 5.25. The smallest absolute Gasteiger partial charge is 0.267 e. The normalized spacial score (nSPS) is 11.0. The molecule has 0 radical (unpaired) electrons. The minimum absolute atomic E-state index is 0.0580. The molecule has 164 valence electrons. The van der Waals surface area contributed by atoms with Crippen LogP contribution in [0.15, 0.2) is 42.7 Å². The summed E-state index contributed by atoms with van der Waals surface area (Å²) in [6.45, 7) is 6.49. The molecule has 0 saturated heterocycles. The second kappa shape index (κ2) is 10.5. The molecule has 0 aliphatic rings. The minimum atomic E-state index is -0.221. The molecule has 0 unspecified atom stereocenters. The van der Waals surface area contributed by atoms with Gasteiger partial charge in [0.05, 0.1) is 11.6 Å². The highest BCUT2D eigenvalue weighted by molar-refractivity contribution is 6.33. The number of amides is 1. The number of hydrogen-bond acceptors (Lipinski definition) is 4. The number of H-pyrrole nitrogens is 1. The second-order valence-electron chi connectivity index (χ2n) is 7.84. The predicted octanol–water partition coefficient (Wildman–Crippen LogP) is 4.93. The molecule has 2 heterocycles. The van der Waals surface area contributed by atoms with E-state index in [4.69, 9.17) is 11.6 Å². The fraction of sp³-hybridized carbons (Fsp3) is 0.333. The van der Waals surface area contributed by atoms with Crippen LogP contribution in [0.3, 0.4) is 0 Å². The Balaban J connectivity index is 1.74. The Morgan fingerprint density at radius 2 is 2.03 bits per heavy atom. The van der Waals surface area contributed by atoms with Crippen molar-refractivity contribution in [2.75, 3.05) is 5.32 Å². The number of aromatic nitrogens is 2. The van der Waals surface area contributed by atoms with Crippen molar-refractivity contribution < 1.29 is 9.90 Å². The van der Waals surface area contributed by atoms with Crippen molar-refractivity contribution in [2.24, 2.45) is 0 Å². The van der Waals surface area contributed by atoms with Crippen LogP contribution in [0, 0.1) is 0 Å². The van der Waals surface area contributed by atoms with Crippen molar-refractivity contribution in [2.45, 2.75) is 52.8 Å². The summed E-state index contributed by atoms with van der Waals surface area (Å²) in [5.41, 5.74) is 4.99. The fourth-order valence-corrected chi connectivity index (χ4v) is 3.64. The molecule has 2 aromatic heterocycles. The molecule has 3 rings (SSSR count). The standard InChI is InChI=1S/C24H29ClN4O2/c1-4-5-16-6-7-17(14-30)18(8-16)11-28-24(31)22-9-19(12-26-22)20-10-23(29-15(2)3)27-13-21(20)25/h6-10,12-13,15,26,30H,4-5,11,14H2,1-3H3,(H,27,29)(H,28,31). The van der Waals surface area contributed by atoms with Crippen LogP contribution in [-0.2, 0) is 19.6 Å². The number of pyridine rings is 1. The van der Waals surface area contributed by atoms with E-state index >= 15 is 0 Å². The van der Waals surface area contributed by atoms with Gasteiger partial charge in [-0.15, -0.1) is 0 Å². The van der Waals surface area contributed by atoms with Gasteiger partial charge in [0.2, 0.25) is 0 Å². The Hall–Kier alpha value is -2.83. The summed E-state index contributed by atoms with van der Waals surface area (Å²) < 4.78 is 0. The third kappa shape index (κ3) is 5.87. The lowest BCUT2D eigenvalue weighted by atomic mass is 10.0. The first-order valence-electron chi connectivity index (χ1n) is 10.5. The van der Waals surface area contributed by atoms with Crippen LogP contribution in [-0.4, -0.2) is 27.0 Å². The number of halogens is 1. The molecule has 0 atom stereocenters. The molecular formula is C24H29ClN4O2. The Morgan fingerprint density at radius 1 is 1.23 bits per heavy atom. The van der Waals surface area contributed by atoms with Gasteiger partial charge >= 0.3 is 0 Å². The summed E-state index contributed by atoms with van der Waals surface area (Å²) >= 11 is 6.34. The molecule has 1 aromatic carbocycles. The number of hydrogen-bond donors (Lipinski definition) is 4. The summed E-state index contributed by atoms with van der Waals surface area (Å²) in [6, 6.07) is 9.89. The first-order chi connectivity index (χ1) is 14.9. The molecule has 0 aliphatic carbocycles. The van der Waals surface area contributed by atoms with Crippen LogP contribution in [0.25, 0.3) is 11.1 Å². The number of carbonyl (C=O) groups is 1. The summed E-state index contributed by atoms with van der Waals surface area (Å²) in [7, 11) is 0. The zero-order valence-corrected chi connectivity index (χ0v) is 18.9. The maximum atomic E-state index is 12.7. The number of aliphatic hydroxyl groups is 1. The summed E-state index contributed by atoms with van der Waals surface area (Å²) in [6.07, 6.45) is 5.37. The third-order valence-electron chi connectivity index (χ3n) is 4.95. The summed E-state index contributed by atoms with van der Waals surface area (Å²) in [4.78, 5) is 20.0. The average Bonchev–Trinajstić information content (AvgIpc) is 3.23. The molecule has 6 nitrogen and oxygen atoms in total. The first-order valence-corrected chi connectivity index (χ1v) is 10.9.